The Labute approximate surface area is 205 Å². The molecule has 0 unspecified atom stereocenters. The van der Waals surface area contributed by atoms with Gasteiger partial charge in [-0.2, -0.15) is 5.10 Å². The van der Waals surface area contributed by atoms with Gasteiger partial charge in [0.15, 0.2) is 0 Å². The van der Waals surface area contributed by atoms with Gasteiger partial charge in [0, 0.05) is 34.4 Å². The van der Waals surface area contributed by atoms with Gasteiger partial charge in [0.05, 0.1) is 24.6 Å². The van der Waals surface area contributed by atoms with E-state index in [1.165, 1.54) is 12.1 Å². The van der Waals surface area contributed by atoms with Crippen LogP contribution in [0.2, 0.25) is 5.02 Å². The van der Waals surface area contributed by atoms with Gasteiger partial charge in [-0.25, -0.2) is 9.07 Å². The summed E-state index contributed by atoms with van der Waals surface area (Å²) in [5.74, 6) is -0.555. The zero-order valence-corrected chi connectivity index (χ0v) is 20.9. The van der Waals surface area contributed by atoms with Gasteiger partial charge in [0.25, 0.3) is 0 Å². The van der Waals surface area contributed by atoms with Gasteiger partial charge in [-0.15, -0.1) is 0 Å². The molecule has 2 aromatic carbocycles. The quantitative estimate of drug-likeness (QED) is 0.448. The maximum Gasteiger partial charge on any atom is 0.137 e. The van der Waals surface area contributed by atoms with E-state index in [1.54, 1.807) is 19.1 Å². The maximum atomic E-state index is 14.7. The molecule has 34 heavy (non-hydrogen) atoms. The van der Waals surface area contributed by atoms with Crippen molar-refractivity contribution in [1.82, 2.24) is 9.78 Å². The molecule has 182 valence electrons. The molecule has 0 bridgehead atoms. The Morgan fingerprint density at radius 1 is 1.06 bits per heavy atom. The first-order valence-electron chi connectivity index (χ1n) is 11.3. The third-order valence-electron chi connectivity index (χ3n) is 6.05. The van der Waals surface area contributed by atoms with Crippen molar-refractivity contribution in [2.24, 2.45) is 0 Å². The van der Waals surface area contributed by atoms with Gasteiger partial charge >= 0.3 is 0 Å². The lowest BCUT2D eigenvalue weighted by Gasteiger charge is -2.25. The molecule has 1 heterocycles. The fourth-order valence-electron chi connectivity index (χ4n) is 3.76. The number of benzene rings is 2. The lowest BCUT2D eigenvalue weighted by molar-refractivity contribution is -0.118. The van der Waals surface area contributed by atoms with Gasteiger partial charge in [-0.3, -0.25) is 4.79 Å². The SMILES string of the molecule is CC(C)(C)c1cc(CCC(=O)Cc2ccc(C(C)(CO)CO)c(F)c2)n(-c2cccc(Cl)c2)n1. The number of hydrogen-bond acceptors (Lipinski definition) is 4. The van der Waals surface area contributed by atoms with Gasteiger partial charge in [-0.1, -0.05) is 57.5 Å². The Morgan fingerprint density at radius 3 is 2.35 bits per heavy atom. The number of aliphatic hydroxyl groups excluding tert-OH is 2. The van der Waals surface area contributed by atoms with Crippen LogP contribution in [0.1, 0.15) is 56.6 Å². The van der Waals surface area contributed by atoms with E-state index in [9.17, 15) is 19.4 Å². The summed E-state index contributed by atoms with van der Waals surface area (Å²) in [4.78, 5) is 12.7. The van der Waals surface area contributed by atoms with Gasteiger partial charge in [0.1, 0.15) is 11.6 Å². The number of carbonyl (C=O) groups is 1. The Hall–Kier alpha value is -2.54. The van der Waals surface area contributed by atoms with Crippen LogP contribution in [0.5, 0.6) is 0 Å². The largest absolute Gasteiger partial charge is 0.395 e. The van der Waals surface area contributed by atoms with E-state index in [0.717, 1.165) is 17.1 Å². The van der Waals surface area contributed by atoms with Crippen molar-refractivity contribution in [3.05, 3.63) is 81.9 Å². The first-order chi connectivity index (χ1) is 16.0. The number of Topliss-reactive ketones (excluding diaryl/α,β-unsaturated/α-hetero) is 1. The second-order valence-corrected chi connectivity index (χ2v) is 10.5. The third-order valence-corrected chi connectivity index (χ3v) is 6.28. The molecule has 0 spiro atoms. The molecule has 5 nitrogen and oxygen atoms in total. The molecule has 3 rings (SSSR count). The van der Waals surface area contributed by atoms with E-state index in [4.69, 9.17) is 16.7 Å². The summed E-state index contributed by atoms with van der Waals surface area (Å²) in [7, 11) is 0. The number of aliphatic hydroxyl groups is 2. The first-order valence-corrected chi connectivity index (χ1v) is 11.7. The van der Waals surface area contributed by atoms with Crippen molar-refractivity contribution >= 4 is 17.4 Å². The molecular formula is C27H32ClFN2O3. The second-order valence-electron chi connectivity index (χ2n) is 10.1. The molecule has 0 saturated carbocycles. The molecule has 3 aromatic rings. The van der Waals surface area contributed by atoms with E-state index >= 15 is 0 Å². The zero-order chi connectivity index (χ0) is 25.1. The number of carbonyl (C=O) groups excluding carboxylic acids is 1. The highest BCUT2D eigenvalue weighted by Gasteiger charge is 2.28. The van der Waals surface area contributed by atoms with E-state index in [0.29, 0.717) is 17.0 Å². The molecule has 1 aromatic heterocycles. The monoisotopic (exact) mass is 486 g/mol. The van der Waals surface area contributed by atoms with Crippen LogP contribution in [0.25, 0.3) is 5.69 Å². The highest BCUT2D eigenvalue weighted by molar-refractivity contribution is 6.30. The van der Waals surface area contributed by atoms with Crippen molar-refractivity contribution in [3.8, 4) is 5.69 Å². The number of aromatic nitrogens is 2. The summed E-state index contributed by atoms with van der Waals surface area (Å²) in [5.41, 5.74) is 2.22. The van der Waals surface area contributed by atoms with Crippen molar-refractivity contribution < 1.29 is 19.4 Å². The van der Waals surface area contributed by atoms with Gasteiger partial charge < -0.3 is 10.2 Å². The van der Waals surface area contributed by atoms with E-state index in [-0.39, 0.29) is 42.8 Å². The summed E-state index contributed by atoms with van der Waals surface area (Å²) in [6.45, 7) is 7.09. The minimum absolute atomic E-state index is 0.0182. The maximum absolute atomic E-state index is 14.7. The lowest BCUT2D eigenvalue weighted by atomic mass is 9.83. The van der Waals surface area contributed by atoms with Crippen molar-refractivity contribution in [2.45, 2.75) is 57.8 Å². The average molecular weight is 487 g/mol. The molecule has 7 heteroatoms. The number of ketones is 1. The highest BCUT2D eigenvalue weighted by atomic mass is 35.5. The summed E-state index contributed by atoms with van der Waals surface area (Å²) in [5, 5.41) is 24.4. The van der Waals surface area contributed by atoms with Crippen LogP contribution in [0.4, 0.5) is 4.39 Å². The molecule has 0 fully saturated rings. The molecule has 0 aliphatic heterocycles. The molecule has 2 N–H and O–H groups in total. The van der Waals surface area contributed by atoms with Crippen LogP contribution >= 0.6 is 11.6 Å². The Bertz CT molecular complexity index is 1160. The Morgan fingerprint density at radius 2 is 1.76 bits per heavy atom. The van der Waals surface area contributed by atoms with Crippen molar-refractivity contribution in [3.63, 3.8) is 0 Å². The zero-order valence-electron chi connectivity index (χ0n) is 20.1. The van der Waals surface area contributed by atoms with E-state index < -0.39 is 11.2 Å². The number of hydrogen-bond donors (Lipinski definition) is 2. The number of nitrogens with zero attached hydrogens (tertiary/aromatic N) is 2. The summed E-state index contributed by atoms with van der Waals surface area (Å²) in [6, 6.07) is 14.0. The van der Waals surface area contributed by atoms with Crippen LogP contribution in [-0.2, 0) is 28.5 Å². The second kappa shape index (κ2) is 10.4. The minimum Gasteiger partial charge on any atom is -0.395 e. The Kier molecular flexibility index (Phi) is 7.96. The number of halogens is 2. The summed E-state index contributed by atoms with van der Waals surface area (Å²) < 4.78 is 16.5. The predicted octanol–water partition coefficient (Wildman–Crippen LogP) is 4.95. The van der Waals surface area contributed by atoms with Crippen molar-refractivity contribution in [2.75, 3.05) is 13.2 Å². The van der Waals surface area contributed by atoms with Gasteiger partial charge in [0.2, 0.25) is 0 Å². The molecule has 0 atom stereocenters. The fraction of sp³-hybridized carbons (Fsp3) is 0.407. The minimum atomic E-state index is -1.07. The average Bonchev–Trinajstić information content (AvgIpc) is 3.22. The molecule has 0 aliphatic carbocycles. The summed E-state index contributed by atoms with van der Waals surface area (Å²) >= 11 is 6.18. The van der Waals surface area contributed by atoms with Gasteiger partial charge in [-0.05, 0) is 47.9 Å². The smallest absolute Gasteiger partial charge is 0.137 e. The molecule has 0 saturated heterocycles. The molecule has 0 amide bonds. The Balaban J connectivity index is 1.76. The molecule has 0 radical (unpaired) electrons. The fourth-order valence-corrected chi connectivity index (χ4v) is 3.94. The van der Waals surface area contributed by atoms with Crippen LogP contribution in [0.3, 0.4) is 0 Å². The molecule has 0 aliphatic rings. The normalized spacial score (nSPS) is 12.2. The predicted molar refractivity (Wildman–Crippen MR) is 132 cm³/mol. The lowest BCUT2D eigenvalue weighted by Crippen LogP contribution is -2.32. The third kappa shape index (κ3) is 5.93. The number of aryl methyl sites for hydroxylation is 1. The summed E-state index contributed by atoms with van der Waals surface area (Å²) in [6.07, 6.45) is 0.871. The van der Waals surface area contributed by atoms with Crippen LogP contribution in [-0.4, -0.2) is 39.0 Å². The number of rotatable bonds is 9. The van der Waals surface area contributed by atoms with Crippen LogP contribution in [0, 0.1) is 5.82 Å². The van der Waals surface area contributed by atoms with E-state index in [2.05, 4.69) is 20.8 Å². The van der Waals surface area contributed by atoms with Crippen LogP contribution in [0.15, 0.2) is 48.5 Å². The van der Waals surface area contributed by atoms with E-state index in [1.807, 2.05) is 28.9 Å². The van der Waals surface area contributed by atoms with Crippen LogP contribution < -0.4 is 0 Å². The highest BCUT2D eigenvalue weighted by Crippen LogP contribution is 2.27. The topological polar surface area (TPSA) is 75.3 Å². The molecular weight excluding hydrogens is 455 g/mol. The first kappa shape index (κ1) is 26.1. The standard InChI is InChI=1S/C27H32ClFN2O3/c1-26(2,3)25-15-21(31(30-25)20-7-5-6-19(28)14-20)9-10-22(34)12-18-8-11-23(24(29)13-18)27(4,16-32)17-33/h5-8,11,13-15,32-33H,9-10,12,16-17H2,1-4H3. The van der Waals surface area contributed by atoms with Crippen molar-refractivity contribution in [1.29, 1.82) is 0 Å².